The highest BCUT2D eigenvalue weighted by Gasteiger charge is 2.19. The smallest absolute Gasteiger partial charge is 0.322 e. The van der Waals surface area contributed by atoms with Gasteiger partial charge in [0.15, 0.2) is 0 Å². The Morgan fingerprint density at radius 3 is 2.52 bits per heavy atom. The van der Waals surface area contributed by atoms with Crippen molar-refractivity contribution in [3.05, 3.63) is 30.3 Å². The highest BCUT2D eigenvalue weighted by molar-refractivity contribution is 5.92. The maximum absolute atomic E-state index is 12.4. The molecule has 6 nitrogen and oxygen atoms in total. The molecule has 1 aromatic carbocycles. The van der Waals surface area contributed by atoms with Crippen molar-refractivity contribution in [3.8, 4) is 0 Å². The summed E-state index contributed by atoms with van der Waals surface area (Å²) in [6.07, 6.45) is 0.629. The number of aliphatic carboxylic acids is 1. The Hall–Kier alpha value is -2.08. The number of carbonyl (C=O) groups excluding carboxylic acids is 1. The van der Waals surface area contributed by atoms with Gasteiger partial charge in [0.25, 0.3) is 0 Å². The Kier molecular flexibility index (Phi) is 7.25. The van der Waals surface area contributed by atoms with Crippen LogP contribution in [0.5, 0.6) is 0 Å². The second kappa shape index (κ2) is 8.97. The van der Waals surface area contributed by atoms with Crippen molar-refractivity contribution in [2.75, 3.05) is 25.2 Å². The van der Waals surface area contributed by atoms with Gasteiger partial charge in [-0.15, -0.1) is 0 Å². The van der Waals surface area contributed by atoms with Crippen LogP contribution in [-0.4, -0.2) is 43.4 Å². The molecular weight excluding hydrogens is 272 g/mol. The highest BCUT2D eigenvalue weighted by atomic mass is 16.5. The Balaban J connectivity index is 2.80. The number of nitrogens with zero attached hydrogens (tertiary/aromatic N) is 1. The van der Waals surface area contributed by atoms with Crippen molar-refractivity contribution < 1.29 is 19.4 Å². The lowest BCUT2D eigenvalue weighted by Gasteiger charge is -2.25. The summed E-state index contributed by atoms with van der Waals surface area (Å²) in [5.41, 5.74) is 0.670. The molecule has 0 aliphatic heterocycles. The third-order valence-electron chi connectivity index (χ3n) is 3.05. The van der Waals surface area contributed by atoms with Gasteiger partial charge in [-0.1, -0.05) is 25.1 Å². The zero-order chi connectivity index (χ0) is 15.7. The lowest BCUT2D eigenvalue weighted by molar-refractivity contribution is -0.136. The van der Waals surface area contributed by atoms with E-state index in [0.29, 0.717) is 12.3 Å². The lowest BCUT2D eigenvalue weighted by atomic mass is 10.2. The molecule has 0 fully saturated rings. The summed E-state index contributed by atoms with van der Waals surface area (Å²) in [6, 6.07) is 8.60. The monoisotopic (exact) mass is 294 g/mol. The number of methoxy groups -OCH3 is 1. The summed E-state index contributed by atoms with van der Waals surface area (Å²) in [6.45, 7) is 2.49. The topological polar surface area (TPSA) is 78.9 Å². The quantitative estimate of drug-likeness (QED) is 0.769. The number of carboxylic acids is 1. The van der Waals surface area contributed by atoms with E-state index in [0.717, 1.165) is 6.42 Å². The van der Waals surface area contributed by atoms with Crippen molar-refractivity contribution in [1.29, 1.82) is 0 Å². The molecule has 1 atom stereocenters. The number of hydrogen-bond donors (Lipinski definition) is 2. The molecule has 0 heterocycles. The fraction of sp³-hybridized carbons (Fsp3) is 0.467. The molecule has 1 aromatic rings. The number of amides is 2. The van der Waals surface area contributed by atoms with Crippen molar-refractivity contribution >= 4 is 17.7 Å². The number of urea groups is 1. The average molecular weight is 294 g/mol. The minimum Gasteiger partial charge on any atom is -0.481 e. The molecule has 2 N–H and O–H groups in total. The van der Waals surface area contributed by atoms with Crippen LogP contribution in [0.4, 0.5) is 10.5 Å². The van der Waals surface area contributed by atoms with Crippen LogP contribution in [0.2, 0.25) is 0 Å². The fourth-order valence-electron chi connectivity index (χ4n) is 1.88. The largest absolute Gasteiger partial charge is 0.481 e. The van der Waals surface area contributed by atoms with Gasteiger partial charge in [-0.2, -0.15) is 0 Å². The number of nitrogens with one attached hydrogen (secondary N) is 1. The molecule has 0 spiro atoms. The molecule has 0 radical (unpaired) electrons. The summed E-state index contributed by atoms with van der Waals surface area (Å²) >= 11 is 0. The first kappa shape index (κ1) is 17.0. The van der Waals surface area contributed by atoms with Gasteiger partial charge in [-0.25, -0.2) is 4.79 Å². The molecule has 0 aromatic heterocycles. The van der Waals surface area contributed by atoms with E-state index >= 15 is 0 Å². The third-order valence-corrected chi connectivity index (χ3v) is 3.05. The van der Waals surface area contributed by atoms with Crippen LogP contribution >= 0.6 is 0 Å². The summed E-state index contributed by atoms with van der Waals surface area (Å²) in [4.78, 5) is 24.6. The maximum Gasteiger partial charge on any atom is 0.322 e. The average Bonchev–Trinajstić information content (AvgIpc) is 2.47. The molecule has 0 bridgehead atoms. The second-order valence-corrected chi connectivity index (χ2v) is 4.64. The minimum absolute atomic E-state index is 0.0986. The molecule has 21 heavy (non-hydrogen) atoms. The number of para-hydroxylation sites is 1. The van der Waals surface area contributed by atoms with Gasteiger partial charge >= 0.3 is 12.0 Å². The molecule has 0 saturated carbocycles. The molecule has 0 aliphatic rings. The second-order valence-electron chi connectivity index (χ2n) is 4.64. The first-order valence-corrected chi connectivity index (χ1v) is 6.92. The van der Waals surface area contributed by atoms with Gasteiger partial charge < -0.3 is 15.2 Å². The number of benzene rings is 1. The summed E-state index contributed by atoms with van der Waals surface area (Å²) in [5, 5.41) is 11.7. The van der Waals surface area contributed by atoms with Crippen LogP contribution in [0.25, 0.3) is 0 Å². The third kappa shape index (κ3) is 5.83. The number of carbonyl (C=O) groups is 2. The number of carboxylic acid groups (broad SMARTS) is 1. The minimum atomic E-state index is -0.937. The number of hydrogen-bond acceptors (Lipinski definition) is 3. The molecule has 1 unspecified atom stereocenters. The van der Waals surface area contributed by atoms with E-state index in [-0.39, 0.29) is 25.0 Å². The molecule has 0 aliphatic carbocycles. The van der Waals surface area contributed by atoms with Gasteiger partial charge in [0.05, 0.1) is 19.1 Å². The van der Waals surface area contributed by atoms with E-state index in [1.807, 2.05) is 25.1 Å². The number of rotatable bonds is 8. The van der Waals surface area contributed by atoms with Crippen molar-refractivity contribution in [2.45, 2.75) is 25.8 Å². The van der Waals surface area contributed by atoms with E-state index in [1.165, 1.54) is 4.90 Å². The van der Waals surface area contributed by atoms with Crippen LogP contribution in [0.3, 0.4) is 0 Å². The van der Waals surface area contributed by atoms with Crippen LogP contribution in [0.15, 0.2) is 30.3 Å². The first-order valence-electron chi connectivity index (χ1n) is 6.92. The van der Waals surface area contributed by atoms with Gasteiger partial charge in [0.2, 0.25) is 0 Å². The Morgan fingerprint density at radius 2 is 2.00 bits per heavy atom. The highest BCUT2D eigenvalue weighted by Crippen LogP contribution is 2.14. The van der Waals surface area contributed by atoms with Crippen LogP contribution < -0.4 is 10.2 Å². The number of anilines is 1. The molecular formula is C15H22N2O4. The Labute approximate surface area is 124 Å². The van der Waals surface area contributed by atoms with Crippen LogP contribution in [0.1, 0.15) is 19.8 Å². The maximum atomic E-state index is 12.4. The molecule has 0 saturated heterocycles. The van der Waals surface area contributed by atoms with E-state index < -0.39 is 5.97 Å². The normalized spacial score (nSPS) is 11.7. The van der Waals surface area contributed by atoms with Gasteiger partial charge in [-0.3, -0.25) is 9.69 Å². The molecule has 116 valence electrons. The van der Waals surface area contributed by atoms with Gasteiger partial charge in [0, 0.05) is 19.3 Å². The first-order chi connectivity index (χ1) is 10.1. The van der Waals surface area contributed by atoms with Crippen molar-refractivity contribution in [3.63, 3.8) is 0 Å². The zero-order valence-electron chi connectivity index (χ0n) is 12.4. The van der Waals surface area contributed by atoms with E-state index in [1.54, 1.807) is 19.2 Å². The molecule has 2 amide bonds. The van der Waals surface area contributed by atoms with Crippen LogP contribution in [-0.2, 0) is 9.53 Å². The van der Waals surface area contributed by atoms with E-state index in [2.05, 4.69) is 5.32 Å². The Morgan fingerprint density at radius 1 is 1.33 bits per heavy atom. The van der Waals surface area contributed by atoms with Gasteiger partial charge in [0.1, 0.15) is 0 Å². The van der Waals surface area contributed by atoms with Crippen molar-refractivity contribution in [2.24, 2.45) is 0 Å². The lowest BCUT2D eigenvalue weighted by Crippen LogP contribution is -2.47. The molecule has 6 heteroatoms. The Bertz CT molecular complexity index is 450. The zero-order valence-corrected chi connectivity index (χ0v) is 12.4. The SMILES string of the molecule is CCC(COC)NC(=O)N(CCC(=O)O)c1ccccc1. The summed E-state index contributed by atoms with van der Waals surface area (Å²) < 4.78 is 5.05. The van der Waals surface area contributed by atoms with E-state index in [4.69, 9.17) is 9.84 Å². The van der Waals surface area contributed by atoms with Crippen LogP contribution in [0, 0.1) is 0 Å². The van der Waals surface area contributed by atoms with Crippen molar-refractivity contribution in [1.82, 2.24) is 5.32 Å². The summed E-state index contributed by atoms with van der Waals surface area (Å²) in [7, 11) is 1.58. The van der Waals surface area contributed by atoms with Gasteiger partial charge in [-0.05, 0) is 18.6 Å². The standard InChI is InChI=1S/C15H22N2O4/c1-3-12(11-21-2)16-15(20)17(10-9-14(18)19)13-7-5-4-6-8-13/h4-8,12H,3,9-11H2,1-2H3,(H,16,20)(H,18,19). The predicted octanol–water partition coefficient (Wildman–Crippen LogP) is 2.10. The fourth-order valence-corrected chi connectivity index (χ4v) is 1.88. The number of ether oxygens (including phenoxy) is 1. The molecule has 1 rings (SSSR count). The summed E-state index contributed by atoms with van der Waals surface area (Å²) in [5.74, 6) is -0.937. The predicted molar refractivity (Wildman–Crippen MR) is 80.5 cm³/mol. The van der Waals surface area contributed by atoms with E-state index in [9.17, 15) is 9.59 Å².